The lowest BCUT2D eigenvalue weighted by Crippen LogP contribution is -2.44. The van der Waals surface area contributed by atoms with Gasteiger partial charge in [-0.1, -0.05) is 6.07 Å². The number of hydrogen-bond acceptors (Lipinski definition) is 7. The number of benzene rings is 1. The molecule has 0 bridgehead atoms. The van der Waals surface area contributed by atoms with E-state index in [0.29, 0.717) is 18.1 Å². The Labute approximate surface area is 154 Å². The van der Waals surface area contributed by atoms with E-state index >= 15 is 0 Å². The number of aryl methyl sites for hydroxylation is 1. The Morgan fingerprint density at radius 1 is 1.42 bits per heavy atom. The number of nitrogens with one attached hydrogen (secondary N) is 1. The second kappa shape index (κ2) is 7.61. The van der Waals surface area contributed by atoms with Crippen molar-refractivity contribution in [2.75, 3.05) is 12.4 Å². The molecule has 8 nitrogen and oxygen atoms in total. The average Bonchev–Trinajstić information content (AvgIpc) is 2.98. The van der Waals surface area contributed by atoms with E-state index in [1.165, 1.54) is 35.2 Å². The van der Waals surface area contributed by atoms with Crippen molar-refractivity contribution in [3.8, 4) is 11.5 Å². The van der Waals surface area contributed by atoms with E-state index in [2.05, 4.69) is 15.4 Å². The Morgan fingerprint density at radius 2 is 2.23 bits per heavy atom. The van der Waals surface area contributed by atoms with E-state index in [9.17, 15) is 14.7 Å². The summed E-state index contributed by atoms with van der Waals surface area (Å²) >= 11 is 1.37. The van der Waals surface area contributed by atoms with Gasteiger partial charge in [0.05, 0.1) is 24.3 Å². The quantitative estimate of drug-likeness (QED) is 0.822. The van der Waals surface area contributed by atoms with Crippen LogP contribution in [0.4, 0.5) is 0 Å². The topological polar surface area (TPSA) is 105 Å². The first-order valence-electron chi connectivity index (χ1n) is 7.98. The van der Waals surface area contributed by atoms with Crippen LogP contribution in [0.5, 0.6) is 11.5 Å². The molecule has 0 aliphatic carbocycles. The van der Waals surface area contributed by atoms with Crippen molar-refractivity contribution in [2.24, 2.45) is 0 Å². The van der Waals surface area contributed by atoms with Gasteiger partial charge in [-0.05, 0) is 31.5 Å². The minimum absolute atomic E-state index is 0.0236. The van der Waals surface area contributed by atoms with Crippen molar-refractivity contribution in [2.45, 2.75) is 19.2 Å². The van der Waals surface area contributed by atoms with Crippen LogP contribution in [-0.4, -0.2) is 44.3 Å². The molecule has 2 aromatic rings. The van der Waals surface area contributed by atoms with Crippen LogP contribution in [-0.2, 0) is 4.79 Å². The van der Waals surface area contributed by atoms with E-state index in [-0.39, 0.29) is 23.1 Å². The summed E-state index contributed by atoms with van der Waals surface area (Å²) in [4.78, 5) is 32.7. The predicted molar refractivity (Wildman–Crippen MR) is 95.6 cm³/mol. The van der Waals surface area contributed by atoms with Gasteiger partial charge >= 0.3 is 0 Å². The van der Waals surface area contributed by atoms with E-state index in [0.717, 1.165) is 5.56 Å². The first-order chi connectivity index (χ1) is 12.5. The van der Waals surface area contributed by atoms with Gasteiger partial charge in [0.2, 0.25) is 0 Å². The largest absolute Gasteiger partial charge is 0.504 e. The highest BCUT2D eigenvalue weighted by Gasteiger charge is 2.35. The molecule has 1 fully saturated rings. The maximum Gasteiger partial charge on any atom is 0.290 e. The van der Waals surface area contributed by atoms with Gasteiger partial charge in [-0.3, -0.25) is 20.0 Å². The van der Waals surface area contributed by atoms with Gasteiger partial charge < -0.3 is 9.84 Å². The minimum Gasteiger partial charge on any atom is -0.504 e. The van der Waals surface area contributed by atoms with Crippen molar-refractivity contribution in [3.63, 3.8) is 0 Å². The second-order valence-corrected chi connectivity index (χ2v) is 6.64. The third kappa shape index (κ3) is 3.72. The summed E-state index contributed by atoms with van der Waals surface area (Å²) in [6.45, 7) is 3.99. The number of carbonyl (C=O) groups excluding carboxylic acids is 2. The molecule has 1 aromatic carbocycles. The standard InChI is InChI=1S/C17H18N4O4S/c1-3-25-14-6-11(4-5-13(14)22)17-21(15(23)9-26-17)20-16(24)12-8-18-10(2)7-19-12/h4-8,17,22H,3,9H2,1-2H3,(H,20,24). The molecule has 3 rings (SSSR count). The molecule has 1 atom stereocenters. The van der Waals surface area contributed by atoms with Crippen LogP contribution >= 0.6 is 11.8 Å². The summed E-state index contributed by atoms with van der Waals surface area (Å²) in [5, 5.41) is 10.7. The smallest absolute Gasteiger partial charge is 0.290 e. The summed E-state index contributed by atoms with van der Waals surface area (Å²) in [6, 6.07) is 4.87. The van der Waals surface area contributed by atoms with Gasteiger partial charge in [-0.25, -0.2) is 9.99 Å². The van der Waals surface area contributed by atoms with Gasteiger partial charge in [0.25, 0.3) is 11.8 Å². The van der Waals surface area contributed by atoms with Gasteiger partial charge in [-0.2, -0.15) is 0 Å². The summed E-state index contributed by atoms with van der Waals surface area (Å²) in [5.74, 6) is -0.146. The summed E-state index contributed by atoms with van der Waals surface area (Å²) in [7, 11) is 0. The SMILES string of the molecule is CCOc1cc(C2SCC(=O)N2NC(=O)c2cnc(C)cn2)ccc1O. The van der Waals surface area contributed by atoms with Gasteiger partial charge in [-0.15, -0.1) is 11.8 Å². The molecule has 2 N–H and O–H groups in total. The maximum atomic E-state index is 12.4. The first-order valence-corrected chi connectivity index (χ1v) is 9.03. The third-order valence-electron chi connectivity index (χ3n) is 3.67. The number of aromatic nitrogens is 2. The predicted octanol–water partition coefficient (Wildman–Crippen LogP) is 1.81. The van der Waals surface area contributed by atoms with Crippen LogP contribution in [0.15, 0.2) is 30.6 Å². The molecule has 0 spiro atoms. The zero-order valence-electron chi connectivity index (χ0n) is 14.3. The maximum absolute atomic E-state index is 12.4. The van der Waals surface area contributed by atoms with E-state index in [4.69, 9.17) is 4.74 Å². The van der Waals surface area contributed by atoms with Gasteiger partial charge in [0.1, 0.15) is 11.1 Å². The monoisotopic (exact) mass is 374 g/mol. The molecule has 1 aliphatic rings. The van der Waals surface area contributed by atoms with E-state index in [1.807, 2.05) is 6.92 Å². The second-order valence-electron chi connectivity index (χ2n) is 5.57. The third-order valence-corrected chi connectivity index (χ3v) is 4.88. The van der Waals surface area contributed by atoms with Crippen LogP contribution in [0, 0.1) is 6.92 Å². The van der Waals surface area contributed by atoms with Crippen molar-refractivity contribution >= 4 is 23.6 Å². The summed E-state index contributed by atoms with van der Waals surface area (Å²) in [6.07, 6.45) is 2.85. The number of thioether (sulfide) groups is 1. The molecule has 1 aliphatic heterocycles. The molecule has 0 saturated carbocycles. The molecule has 2 amide bonds. The lowest BCUT2D eigenvalue weighted by atomic mass is 10.2. The number of phenols is 1. The highest BCUT2D eigenvalue weighted by atomic mass is 32.2. The molecule has 1 saturated heterocycles. The number of rotatable bonds is 5. The molecule has 1 unspecified atom stereocenters. The van der Waals surface area contributed by atoms with Crippen LogP contribution < -0.4 is 10.2 Å². The fraction of sp³-hybridized carbons (Fsp3) is 0.294. The fourth-order valence-electron chi connectivity index (χ4n) is 2.42. The highest BCUT2D eigenvalue weighted by Crippen LogP contribution is 2.40. The molecular formula is C17H18N4O4S. The number of ether oxygens (including phenoxy) is 1. The number of carbonyl (C=O) groups is 2. The summed E-state index contributed by atoms with van der Waals surface area (Å²) < 4.78 is 5.39. The van der Waals surface area contributed by atoms with Crippen LogP contribution in [0.25, 0.3) is 0 Å². The number of hydrogen-bond donors (Lipinski definition) is 2. The summed E-state index contributed by atoms with van der Waals surface area (Å²) in [5.41, 5.74) is 4.15. The normalized spacial score (nSPS) is 16.6. The van der Waals surface area contributed by atoms with E-state index < -0.39 is 11.3 Å². The van der Waals surface area contributed by atoms with Crippen LogP contribution in [0.2, 0.25) is 0 Å². The molecular weight excluding hydrogens is 356 g/mol. The molecule has 136 valence electrons. The van der Waals surface area contributed by atoms with Crippen LogP contribution in [0.1, 0.15) is 34.0 Å². The highest BCUT2D eigenvalue weighted by molar-refractivity contribution is 8.00. The Morgan fingerprint density at radius 3 is 2.92 bits per heavy atom. The first kappa shape index (κ1) is 18.0. The minimum atomic E-state index is -0.512. The van der Waals surface area contributed by atoms with Crippen molar-refractivity contribution in [1.29, 1.82) is 0 Å². The zero-order chi connectivity index (χ0) is 18.7. The van der Waals surface area contributed by atoms with Crippen LogP contribution in [0.3, 0.4) is 0 Å². The number of phenolic OH excluding ortho intramolecular Hbond substituents is 1. The lowest BCUT2D eigenvalue weighted by Gasteiger charge is -2.24. The average molecular weight is 374 g/mol. The van der Waals surface area contributed by atoms with Crippen molar-refractivity contribution in [3.05, 3.63) is 47.5 Å². The molecule has 9 heteroatoms. The molecule has 2 heterocycles. The zero-order valence-corrected chi connectivity index (χ0v) is 15.1. The van der Waals surface area contributed by atoms with Gasteiger partial charge in [0, 0.05) is 6.20 Å². The van der Waals surface area contributed by atoms with Gasteiger partial charge in [0.15, 0.2) is 11.5 Å². The Hall–Kier alpha value is -2.81. The molecule has 0 radical (unpaired) electrons. The van der Waals surface area contributed by atoms with Crippen molar-refractivity contribution in [1.82, 2.24) is 20.4 Å². The number of hydrazine groups is 1. The fourth-order valence-corrected chi connectivity index (χ4v) is 3.52. The number of nitrogens with zero attached hydrogens (tertiary/aromatic N) is 3. The Kier molecular flexibility index (Phi) is 5.27. The number of aromatic hydroxyl groups is 1. The number of amides is 2. The van der Waals surface area contributed by atoms with Crippen molar-refractivity contribution < 1.29 is 19.4 Å². The molecule has 1 aromatic heterocycles. The lowest BCUT2D eigenvalue weighted by molar-refractivity contribution is -0.130. The Bertz CT molecular complexity index is 828. The van der Waals surface area contributed by atoms with E-state index in [1.54, 1.807) is 19.1 Å². The molecule has 26 heavy (non-hydrogen) atoms. The Balaban J connectivity index is 1.81.